The highest BCUT2D eigenvalue weighted by molar-refractivity contribution is 5.92. The van der Waals surface area contributed by atoms with Crippen molar-refractivity contribution in [3.8, 4) is 5.75 Å². The monoisotopic (exact) mass is 263 g/mol. The Hall–Kier alpha value is -1.25. The van der Waals surface area contributed by atoms with Crippen molar-refractivity contribution in [3.05, 3.63) is 41.5 Å². The van der Waals surface area contributed by atoms with E-state index in [1.54, 1.807) is 7.11 Å². The van der Waals surface area contributed by atoms with Gasteiger partial charge in [-0.05, 0) is 47.7 Å². The molecule has 2 N–H and O–H groups in total. The molecule has 2 nitrogen and oxygen atoms in total. The highest BCUT2D eigenvalue weighted by Crippen LogP contribution is 2.40. The number of methoxy groups -OCH3 is 1. The molecule has 0 fully saturated rings. The van der Waals surface area contributed by atoms with Gasteiger partial charge in [-0.1, -0.05) is 24.3 Å². The van der Waals surface area contributed by atoms with Crippen LogP contribution in [0.1, 0.15) is 23.5 Å². The van der Waals surface area contributed by atoms with E-state index >= 15 is 0 Å². The van der Waals surface area contributed by atoms with E-state index in [1.165, 1.54) is 21.9 Å². The van der Waals surface area contributed by atoms with Gasteiger partial charge in [0.15, 0.2) is 0 Å². The topological polar surface area (TPSA) is 35.2 Å². The van der Waals surface area contributed by atoms with Crippen LogP contribution < -0.4 is 10.5 Å². The Balaban J connectivity index is 0.00000120. The van der Waals surface area contributed by atoms with E-state index in [2.05, 4.69) is 30.3 Å². The van der Waals surface area contributed by atoms with Gasteiger partial charge in [-0.15, -0.1) is 12.4 Å². The minimum atomic E-state index is 0. The third-order valence-corrected chi connectivity index (χ3v) is 3.83. The molecule has 96 valence electrons. The minimum Gasteiger partial charge on any atom is -0.496 e. The first-order valence-corrected chi connectivity index (χ1v) is 6.13. The minimum absolute atomic E-state index is 0. The molecule has 2 aromatic carbocycles. The molecule has 0 saturated heterocycles. The summed E-state index contributed by atoms with van der Waals surface area (Å²) >= 11 is 0. The lowest BCUT2D eigenvalue weighted by molar-refractivity contribution is 0.408. The molecule has 1 unspecified atom stereocenters. The molecule has 0 aliphatic heterocycles. The van der Waals surface area contributed by atoms with Gasteiger partial charge in [-0.2, -0.15) is 0 Å². The van der Waals surface area contributed by atoms with Gasteiger partial charge in [-0.25, -0.2) is 0 Å². The van der Waals surface area contributed by atoms with Crippen molar-refractivity contribution < 1.29 is 4.74 Å². The molecule has 1 aliphatic rings. The van der Waals surface area contributed by atoms with E-state index < -0.39 is 0 Å². The molecule has 0 bridgehead atoms. The molecule has 2 aromatic rings. The fourth-order valence-electron chi connectivity index (χ4n) is 2.96. The number of hydrogen-bond acceptors (Lipinski definition) is 2. The number of rotatable bonds is 2. The standard InChI is InChI=1S/C15H17NO.ClH/c1-17-14-8-6-10-3-2-4-12-11(9-16)5-7-13(14)15(10)12;/h2-4,6,8,11H,5,7,9,16H2,1H3;1H. The third-order valence-electron chi connectivity index (χ3n) is 3.83. The molecular weight excluding hydrogens is 246 g/mol. The second-order valence-electron chi connectivity index (χ2n) is 4.66. The van der Waals surface area contributed by atoms with E-state index in [1.807, 2.05) is 0 Å². The average Bonchev–Trinajstić information content (AvgIpc) is 2.40. The second kappa shape index (κ2) is 5.17. The lowest BCUT2D eigenvalue weighted by atomic mass is 9.81. The molecular formula is C15H18ClNO. The summed E-state index contributed by atoms with van der Waals surface area (Å²) in [5.74, 6) is 1.51. The van der Waals surface area contributed by atoms with Crippen LogP contribution in [0.3, 0.4) is 0 Å². The summed E-state index contributed by atoms with van der Waals surface area (Å²) in [6.45, 7) is 0.732. The summed E-state index contributed by atoms with van der Waals surface area (Å²) in [4.78, 5) is 0. The summed E-state index contributed by atoms with van der Waals surface area (Å²) in [6.07, 6.45) is 2.20. The summed E-state index contributed by atoms with van der Waals surface area (Å²) < 4.78 is 5.47. The summed E-state index contributed by atoms with van der Waals surface area (Å²) in [5, 5.41) is 2.67. The summed E-state index contributed by atoms with van der Waals surface area (Å²) in [7, 11) is 1.75. The maximum Gasteiger partial charge on any atom is 0.122 e. The zero-order valence-corrected chi connectivity index (χ0v) is 11.3. The molecule has 0 saturated carbocycles. The van der Waals surface area contributed by atoms with Crippen LogP contribution >= 0.6 is 12.4 Å². The van der Waals surface area contributed by atoms with Crippen molar-refractivity contribution >= 4 is 23.2 Å². The summed E-state index contributed by atoms with van der Waals surface area (Å²) in [5.41, 5.74) is 8.62. The molecule has 18 heavy (non-hydrogen) atoms. The van der Waals surface area contributed by atoms with E-state index in [9.17, 15) is 0 Å². The number of nitrogens with two attached hydrogens (primary N) is 1. The van der Waals surface area contributed by atoms with Crippen LogP contribution in [-0.4, -0.2) is 13.7 Å². The first-order chi connectivity index (χ1) is 8.35. The van der Waals surface area contributed by atoms with Crippen LogP contribution in [0.5, 0.6) is 5.75 Å². The van der Waals surface area contributed by atoms with Gasteiger partial charge in [0, 0.05) is 5.56 Å². The Kier molecular flexibility index (Phi) is 3.79. The Bertz CT molecular complexity index is 568. The third kappa shape index (κ3) is 1.86. The van der Waals surface area contributed by atoms with Crippen molar-refractivity contribution in [2.75, 3.05) is 13.7 Å². The summed E-state index contributed by atoms with van der Waals surface area (Å²) in [6, 6.07) is 10.7. The van der Waals surface area contributed by atoms with Crippen LogP contribution in [0.4, 0.5) is 0 Å². The fraction of sp³-hybridized carbons (Fsp3) is 0.333. The van der Waals surface area contributed by atoms with Crippen molar-refractivity contribution in [1.29, 1.82) is 0 Å². The van der Waals surface area contributed by atoms with Gasteiger partial charge in [0.2, 0.25) is 0 Å². The number of halogens is 1. The lowest BCUT2D eigenvalue weighted by Gasteiger charge is -2.26. The molecule has 3 heteroatoms. The zero-order valence-electron chi connectivity index (χ0n) is 10.5. The predicted molar refractivity (Wildman–Crippen MR) is 77.9 cm³/mol. The van der Waals surface area contributed by atoms with E-state index in [0.29, 0.717) is 5.92 Å². The number of aryl methyl sites for hydroxylation is 1. The Labute approximate surface area is 114 Å². The van der Waals surface area contributed by atoms with E-state index in [-0.39, 0.29) is 12.4 Å². The van der Waals surface area contributed by atoms with Crippen LogP contribution in [0, 0.1) is 0 Å². The first-order valence-electron chi connectivity index (χ1n) is 6.13. The van der Waals surface area contributed by atoms with Crippen molar-refractivity contribution in [2.45, 2.75) is 18.8 Å². The van der Waals surface area contributed by atoms with Gasteiger partial charge in [-0.3, -0.25) is 0 Å². The smallest absolute Gasteiger partial charge is 0.122 e. The molecule has 1 atom stereocenters. The highest BCUT2D eigenvalue weighted by Gasteiger charge is 2.22. The Morgan fingerprint density at radius 2 is 2.11 bits per heavy atom. The largest absolute Gasteiger partial charge is 0.496 e. The molecule has 0 aromatic heterocycles. The van der Waals surface area contributed by atoms with Gasteiger partial charge < -0.3 is 10.5 Å². The van der Waals surface area contributed by atoms with Gasteiger partial charge >= 0.3 is 0 Å². The van der Waals surface area contributed by atoms with Gasteiger partial charge in [0.1, 0.15) is 5.75 Å². The molecule has 0 spiro atoms. The number of ether oxygens (including phenoxy) is 1. The Morgan fingerprint density at radius 1 is 1.28 bits per heavy atom. The number of benzene rings is 2. The van der Waals surface area contributed by atoms with Gasteiger partial charge in [0.25, 0.3) is 0 Å². The fourth-order valence-corrected chi connectivity index (χ4v) is 2.96. The highest BCUT2D eigenvalue weighted by atomic mass is 35.5. The molecule has 0 amide bonds. The predicted octanol–water partition coefficient (Wildman–Crippen LogP) is 3.26. The average molecular weight is 264 g/mol. The van der Waals surface area contributed by atoms with Crippen LogP contribution in [0.25, 0.3) is 10.8 Å². The first kappa shape index (κ1) is 13.2. The second-order valence-corrected chi connectivity index (χ2v) is 4.66. The van der Waals surface area contributed by atoms with Crippen molar-refractivity contribution in [2.24, 2.45) is 5.73 Å². The van der Waals surface area contributed by atoms with Crippen LogP contribution in [-0.2, 0) is 6.42 Å². The van der Waals surface area contributed by atoms with Crippen molar-refractivity contribution in [1.82, 2.24) is 0 Å². The van der Waals surface area contributed by atoms with Crippen LogP contribution in [0.15, 0.2) is 30.3 Å². The van der Waals surface area contributed by atoms with E-state index in [4.69, 9.17) is 10.5 Å². The molecule has 1 aliphatic carbocycles. The van der Waals surface area contributed by atoms with Crippen molar-refractivity contribution in [3.63, 3.8) is 0 Å². The molecule has 3 rings (SSSR count). The number of hydrogen-bond donors (Lipinski definition) is 1. The maximum absolute atomic E-state index is 5.87. The van der Waals surface area contributed by atoms with E-state index in [0.717, 1.165) is 25.1 Å². The normalized spacial score (nSPS) is 17.3. The SMILES string of the molecule is COc1ccc2cccc3c2c1CCC3CN.Cl. The molecule has 0 heterocycles. The lowest BCUT2D eigenvalue weighted by Crippen LogP contribution is -2.17. The quantitative estimate of drug-likeness (QED) is 0.903. The zero-order chi connectivity index (χ0) is 11.8. The van der Waals surface area contributed by atoms with Gasteiger partial charge in [0.05, 0.1) is 7.11 Å². The molecule has 0 radical (unpaired) electrons. The Morgan fingerprint density at radius 3 is 2.83 bits per heavy atom. The van der Waals surface area contributed by atoms with Crippen LogP contribution in [0.2, 0.25) is 0 Å². The maximum atomic E-state index is 5.87.